The number of esters is 1. The second kappa shape index (κ2) is 9.94. The molecule has 0 radical (unpaired) electrons. The van der Waals surface area contributed by atoms with Gasteiger partial charge >= 0.3 is 5.97 Å². The number of rotatable bonds is 10. The minimum atomic E-state index is -0.971. The number of carbonyl (C=O) groups is 3. The number of hydrogen-bond donors (Lipinski definition) is 2. The lowest BCUT2D eigenvalue weighted by atomic mass is 10.1. The summed E-state index contributed by atoms with van der Waals surface area (Å²) < 4.78 is 10.3. The van der Waals surface area contributed by atoms with Gasteiger partial charge in [0.05, 0.1) is 12.3 Å². The number of thiophene rings is 1. The highest BCUT2D eigenvalue weighted by molar-refractivity contribution is 7.10. The lowest BCUT2D eigenvalue weighted by Gasteiger charge is -2.21. The molecule has 7 nitrogen and oxygen atoms in total. The molecule has 2 atom stereocenters. The fourth-order valence-electron chi connectivity index (χ4n) is 1.96. The van der Waals surface area contributed by atoms with Crippen molar-refractivity contribution in [3.05, 3.63) is 22.4 Å². The summed E-state index contributed by atoms with van der Waals surface area (Å²) in [6, 6.07) is 2.59. The molecule has 0 aliphatic carbocycles. The van der Waals surface area contributed by atoms with Crippen molar-refractivity contribution in [1.29, 1.82) is 5.41 Å². The van der Waals surface area contributed by atoms with Crippen molar-refractivity contribution in [2.75, 3.05) is 7.11 Å². The fourth-order valence-corrected chi connectivity index (χ4v) is 2.76. The van der Waals surface area contributed by atoms with Crippen molar-refractivity contribution in [3.63, 3.8) is 0 Å². The summed E-state index contributed by atoms with van der Waals surface area (Å²) in [4.78, 5) is 36.6. The van der Waals surface area contributed by atoms with Crippen molar-refractivity contribution in [3.8, 4) is 0 Å². The van der Waals surface area contributed by atoms with Crippen LogP contribution in [0.3, 0.4) is 0 Å². The average molecular weight is 354 g/mol. The Morgan fingerprint density at radius 2 is 2.08 bits per heavy atom. The third-order valence-electron chi connectivity index (χ3n) is 3.07. The molecule has 1 aromatic rings. The molecule has 0 aliphatic heterocycles. The second-order valence-corrected chi connectivity index (χ2v) is 6.31. The van der Waals surface area contributed by atoms with Crippen LogP contribution in [-0.4, -0.2) is 43.1 Å². The van der Waals surface area contributed by atoms with Crippen LogP contribution in [0.15, 0.2) is 17.5 Å². The van der Waals surface area contributed by atoms with Gasteiger partial charge in [-0.3, -0.25) is 9.59 Å². The molecule has 1 heterocycles. The Hall–Kier alpha value is -2.06. The number of amides is 1. The molecule has 0 spiro atoms. The topological polar surface area (TPSA) is 106 Å². The summed E-state index contributed by atoms with van der Waals surface area (Å²) in [7, 11) is 1.41. The number of hydrogen-bond acceptors (Lipinski definition) is 7. The van der Waals surface area contributed by atoms with Crippen LogP contribution < -0.4 is 5.32 Å². The molecule has 132 valence electrons. The first kappa shape index (κ1) is 20.0. The van der Waals surface area contributed by atoms with Gasteiger partial charge in [0, 0.05) is 18.4 Å². The van der Waals surface area contributed by atoms with Gasteiger partial charge < -0.3 is 20.2 Å². The molecule has 0 fully saturated rings. The SMILES string of the molecule is CO[C@@H](C(=O)N[C@@H](CCC(=O)C=N)C(=O)OC(C)C)c1cccs1. The summed E-state index contributed by atoms with van der Waals surface area (Å²) in [5.74, 6) is -1.52. The summed E-state index contributed by atoms with van der Waals surface area (Å²) in [5, 5.41) is 11.3. The molecule has 0 aromatic carbocycles. The van der Waals surface area contributed by atoms with Crippen molar-refractivity contribution < 1.29 is 23.9 Å². The summed E-state index contributed by atoms with van der Waals surface area (Å²) in [5.41, 5.74) is 0. The molecule has 0 bridgehead atoms. The van der Waals surface area contributed by atoms with Gasteiger partial charge in [0.15, 0.2) is 11.9 Å². The van der Waals surface area contributed by atoms with E-state index in [-0.39, 0.29) is 18.9 Å². The van der Waals surface area contributed by atoms with E-state index < -0.39 is 29.8 Å². The first-order valence-electron chi connectivity index (χ1n) is 7.49. The van der Waals surface area contributed by atoms with Gasteiger partial charge in [0.2, 0.25) is 0 Å². The third kappa shape index (κ3) is 6.21. The molecule has 8 heteroatoms. The van der Waals surface area contributed by atoms with E-state index in [1.807, 2.05) is 5.38 Å². The molecule has 0 unspecified atom stereocenters. The normalized spacial score (nSPS) is 13.2. The molecule has 1 amide bonds. The van der Waals surface area contributed by atoms with Crippen LogP contribution >= 0.6 is 11.3 Å². The smallest absolute Gasteiger partial charge is 0.328 e. The highest BCUT2D eigenvalue weighted by atomic mass is 32.1. The predicted molar refractivity (Wildman–Crippen MR) is 90.3 cm³/mol. The highest BCUT2D eigenvalue weighted by Crippen LogP contribution is 2.22. The minimum Gasteiger partial charge on any atom is -0.461 e. The van der Waals surface area contributed by atoms with E-state index in [1.165, 1.54) is 18.4 Å². The van der Waals surface area contributed by atoms with E-state index >= 15 is 0 Å². The van der Waals surface area contributed by atoms with E-state index in [9.17, 15) is 14.4 Å². The van der Waals surface area contributed by atoms with E-state index in [0.717, 1.165) is 0 Å². The van der Waals surface area contributed by atoms with E-state index in [4.69, 9.17) is 14.9 Å². The predicted octanol–water partition coefficient (Wildman–Crippen LogP) is 1.87. The monoisotopic (exact) mass is 354 g/mol. The number of nitrogens with one attached hydrogen (secondary N) is 2. The quantitative estimate of drug-likeness (QED) is 0.493. The summed E-state index contributed by atoms with van der Waals surface area (Å²) >= 11 is 1.37. The summed E-state index contributed by atoms with van der Waals surface area (Å²) in [6.45, 7) is 3.40. The molecule has 0 saturated heterocycles. The van der Waals surface area contributed by atoms with Crippen LogP contribution in [0.2, 0.25) is 0 Å². The van der Waals surface area contributed by atoms with Gasteiger partial charge in [-0.05, 0) is 31.7 Å². The Morgan fingerprint density at radius 3 is 2.58 bits per heavy atom. The van der Waals surface area contributed by atoms with Gasteiger partial charge in [-0.2, -0.15) is 0 Å². The number of methoxy groups -OCH3 is 1. The van der Waals surface area contributed by atoms with Gasteiger partial charge in [0.1, 0.15) is 6.04 Å². The van der Waals surface area contributed by atoms with Crippen LogP contribution in [0.4, 0.5) is 0 Å². The molecular weight excluding hydrogens is 332 g/mol. The fraction of sp³-hybridized carbons (Fsp3) is 0.500. The molecule has 0 aliphatic rings. The molecule has 0 saturated carbocycles. The number of Topliss-reactive ketones (excluding diaryl/α,β-unsaturated/α-hetero) is 1. The Balaban J connectivity index is 2.81. The zero-order valence-electron chi connectivity index (χ0n) is 13.9. The number of carbonyl (C=O) groups excluding carboxylic acids is 3. The van der Waals surface area contributed by atoms with E-state index in [1.54, 1.807) is 26.0 Å². The Labute approximate surface area is 144 Å². The van der Waals surface area contributed by atoms with Crippen LogP contribution in [0.25, 0.3) is 0 Å². The molecule has 1 rings (SSSR count). The maximum atomic E-state index is 12.4. The standard InChI is InChI=1S/C16H22N2O5S/c1-10(2)23-16(21)12(7-6-11(19)9-17)18-15(20)14(22-3)13-5-4-8-24-13/h4-5,8-10,12,14,17H,6-7H2,1-3H3,(H,18,20)/t12-,14+/m0/s1. The van der Waals surface area contributed by atoms with Crippen LogP contribution in [0.1, 0.15) is 37.7 Å². The molecule has 2 N–H and O–H groups in total. The Morgan fingerprint density at radius 1 is 1.38 bits per heavy atom. The molecular formula is C16H22N2O5S. The van der Waals surface area contributed by atoms with Crippen molar-refractivity contribution in [1.82, 2.24) is 5.32 Å². The first-order valence-corrected chi connectivity index (χ1v) is 8.37. The van der Waals surface area contributed by atoms with Crippen LogP contribution in [0.5, 0.6) is 0 Å². The lowest BCUT2D eigenvalue weighted by Crippen LogP contribution is -2.45. The second-order valence-electron chi connectivity index (χ2n) is 5.33. The van der Waals surface area contributed by atoms with E-state index in [2.05, 4.69) is 5.32 Å². The van der Waals surface area contributed by atoms with Crippen LogP contribution in [-0.2, 0) is 23.9 Å². The van der Waals surface area contributed by atoms with Gasteiger partial charge in [-0.15, -0.1) is 11.3 Å². The van der Waals surface area contributed by atoms with E-state index in [0.29, 0.717) is 11.1 Å². The number of ether oxygens (including phenoxy) is 2. The molecule has 24 heavy (non-hydrogen) atoms. The maximum Gasteiger partial charge on any atom is 0.328 e. The summed E-state index contributed by atoms with van der Waals surface area (Å²) in [6.07, 6.45) is -0.454. The Bertz CT molecular complexity index is 571. The molecule has 1 aromatic heterocycles. The van der Waals surface area contributed by atoms with Gasteiger partial charge in [-0.25, -0.2) is 4.79 Å². The largest absolute Gasteiger partial charge is 0.461 e. The number of ketones is 1. The highest BCUT2D eigenvalue weighted by Gasteiger charge is 2.28. The average Bonchev–Trinajstić information content (AvgIpc) is 3.05. The van der Waals surface area contributed by atoms with Crippen LogP contribution in [0, 0.1) is 5.41 Å². The zero-order valence-corrected chi connectivity index (χ0v) is 14.7. The third-order valence-corrected chi connectivity index (χ3v) is 3.98. The van der Waals surface area contributed by atoms with Crippen molar-refractivity contribution in [2.45, 2.75) is 44.9 Å². The zero-order chi connectivity index (χ0) is 18.1. The van der Waals surface area contributed by atoms with Crippen molar-refractivity contribution >= 4 is 35.2 Å². The van der Waals surface area contributed by atoms with Crippen molar-refractivity contribution in [2.24, 2.45) is 0 Å². The lowest BCUT2D eigenvalue weighted by molar-refractivity contribution is -0.152. The minimum absolute atomic E-state index is 0.0295. The Kier molecular flexibility index (Phi) is 8.28. The van der Waals surface area contributed by atoms with Gasteiger partial charge in [0.25, 0.3) is 5.91 Å². The maximum absolute atomic E-state index is 12.4. The first-order chi connectivity index (χ1) is 11.4. The van der Waals surface area contributed by atoms with Gasteiger partial charge in [-0.1, -0.05) is 6.07 Å².